The lowest BCUT2D eigenvalue weighted by atomic mass is 9.65. The maximum absolute atomic E-state index is 9.01. The zero-order chi connectivity index (χ0) is 10.6. The van der Waals surface area contributed by atoms with E-state index in [2.05, 4.69) is 9.51 Å². The van der Waals surface area contributed by atoms with Crippen LogP contribution in [0.4, 0.5) is 0 Å². The Labute approximate surface area is 81.6 Å². The average molecular weight is 196 g/mol. The largest absolute Gasteiger partial charge is 0.527 e. The maximum atomic E-state index is 9.01. The molecule has 0 amide bonds. The van der Waals surface area contributed by atoms with Crippen LogP contribution in [0, 0.1) is 0 Å². The molecule has 0 aliphatic rings. The third-order valence-electron chi connectivity index (χ3n) is 1.78. The molecule has 0 aromatic heterocycles. The SMILES string of the molecule is NOB(ON)c1ccccc1B(O)O. The Morgan fingerprint density at radius 2 is 1.50 bits per heavy atom. The average Bonchev–Trinajstić information content (AvgIpc) is 2.20. The van der Waals surface area contributed by atoms with Gasteiger partial charge in [-0.3, -0.25) is 0 Å². The lowest BCUT2D eigenvalue weighted by Crippen LogP contribution is -2.53. The number of hydrogen-bond acceptors (Lipinski definition) is 6. The predicted octanol–water partition coefficient (Wildman–Crippen LogP) is -3.16. The van der Waals surface area contributed by atoms with Gasteiger partial charge in [-0.25, -0.2) is 11.8 Å². The fraction of sp³-hybridized carbons (Fsp3) is 0. The van der Waals surface area contributed by atoms with E-state index < -0.39 is 14.2 Å². The molecule has 6 N–H and O–H groups in total. The first kappa shape index (κ1) is 11.2. The van der Waals surface area contributed by atoms with Gasteiger partial charge in [-0.05, 0) is 10.9 Å². The first-order chi connectivity index (χ1) is 6.70. The molecule has 1 aromatic rings. The molecule has 0 spiro atoms. The molecular weight excluding hydrogens is 186 g/mol. The summed E-state index contributed by atoms with van der Waals surface area (Å²) in [5.41, 5.74) is 0.598. The van der Waals surface area contributed by atoms with E-state index in [4.69, 9.17) is 21.8 Å². The van der Waals surface area contributed by atoms with E-state index in [1.807, 2.05) is 0 Å². The smallest absolute Gasteiger partial charge is 0.423 e. The molecule has 0 heterocycles. The van der Waals surface area contributed by atoms with Gasteiger partial charge in [0.05, 0.1) is 0 Å². The monoisotopic (exact) mass is 196 g/mol. The molecule has 1 aromatic carbocycles. The highest BCUT2D eigenvalue weighted by molar-refractivity contribution is 6.72. The molecule has 0 aliphatic carbocycles. The molecule has 0 saturated carbocycles. The van der Waals surface area contributed by atoms with E-state index in [9.17, 15) is 0 Å². The van der Waals surface area contributed by atoms with Gasteiger partial charge in [0.15, 0.2) is 0 Å². The van der Waals surface area contributed by atoms with Crippen LogP contribution in [0.5, 0.6) is 0 Å². The van der Waals surface area contributed by atoms with Gasteiger partial charge in [0.1, 0.15) is 0 Å². The number of rotatable bonds is 4. The zero-order valence-corrected chi connectivity index (χ0v) is 7.33. The van der Waals surface area contributed by atoms with Crippen LogP contribution in [-0.2, 0) is 9.51 Å². The van der Waals surface area contributed by atoms with E-state index in [1.54, 1.807) is 18.2 Å². The Hall–Kier alpha value is -0.890. The minimum absolute atomic E-state index is 0.230. The lowest BCUT2D eigenvalue weighted by molar-refractivity contribution is 0.216. The van der Waals surface area contributed by atoms with Crippen molar-refractivity contribution in [1.82, 2.24) is 0 Å². The second-order valence-electron chi connectivity index (χ2n) is 2.61. The van der Waals surface area contributed by atoms with Gasteiger partial charge in [-0.15, -0.1) is 0 Å². The van der Waals surface area contributed by atoms with Crippen molar-refractivity contribution in [3.05, 3.63) is 24.3 Å². The Bertz CT molecular complexity index is 295. The number of benzene rings is 1. The second-order valence-corrected chi connectivity index (χ2v) is 2.61. The van der Waals surface area contributed by atoms with Crippen molar-refractivity contribution >= 4 is 25.2 Å². The summed E-state index contributed by atoms with van der Waals surface area (Å²) in [5.74, 6) is 9.83. The second kappa shape index (κ2) is 5.11. The molecule has 1 rings (SSSR count). The van der Waals surface area contributed by atoms with Gasteiger partial charge >= 0.3 is 14.2 Å². The topological polar surface area (TPSA) is 111 Å². The van der Waals surface area contributed by atoms with Gasteiger partial charge in [-0.1, -0.05) is 24.3 Å². The Kier molecular flexibility index (Phi) is 4.08. The van der Waals surface area contributed by atoms with Gasteiger partial charge in [0, 0.05) is 0 Å². The fourth-order valence-electron chi connectivity index (χ4n) is 1.14. The summed E-state index contributed by atoms with van der Waals surface area (Å²) in [5, 5.41) is 18.0. The molecule has 0 radical (unpaired) electrons. The molecule has 0 fully saturated rings. The Morgan fingerprint density at radius 3 is 1.93 bits per heavy atom. The number of nitrogens with two attached hydrogens (primary N) is 2. The van der Waals surface area contributed by atoms with E-state index in [1.165, 1.54) is 6.07 Å². The van der Waals surface area contributed by atoms with Crippen LogP contribution < -0.4 is 22.7 Å². The summed E-state index contributed by atoms with van der Waals surface area (Å²) in [6.45, 7) is 0. The van der Waals surface area contributed by atoms with Crippen molar-refractivity contribution in [2.24, 2.45) is 11.8 Å². The van der Waals surface area contributed by atoms with Crippen molar-refractivity contribution in [2.45, 2.75) is 0 Å². The predicted molar refractivity (Wildman–Crippen MR) is 52.2 cm³/mol. The highest BCUT2D eigenvalue weighted by Gasteiger charge is 2.27. The van der Waals surface area contributed by atoms with Gasteiger partial charge in [-0.2, -0.15) is 0 Å². The van der Waals surface area contributed by atoms with Gasteiger partial charge in [0.25, 0.3) is 0 Å². The molecule has 0 aliphatic heterocycles. The lowest BCUT2D eigenvalue weighted by Gasteiger charge is -2.11. The minimum atomic E-state index is -1.63. The molecular formula is C6H10B2N2O4. The van der Waals surface area contributed by atoms with Crippen molar-refractivity contribution < 1.29 is 19.6 Å². The molecule has 14 heavy (non-hydrogen) atoms. The summed E-state index contributed by atoms with van der Waals surface area (Å²) in [6.07, 6.45) is 0. The highest BCUT2D eigenvalue weighted by Crippen LogP contribution is 1.87. The van der Waals surface area contributed by atoms with Crippen LogP contribution >= 0.6 is 0 Å². The molecule has 0 unspecified atom stereocenters. The minimum Gasteiger partial charge on any atom is -0.423 e. The third-order valence-corrected chi connectivity index (χ3v) is 1.78. The molecule has 74 valence electrons. The molecule has 6 nitrogen and oxygen atoms in total. The summed E-state index contributed by atoms with van der Waals surface area (Å²) in [4.78, 5) is 0. The third kappa shape index (κ3) is 2.32. The molecule has 0 bridgehead atoms. The first-order valence-electron chi connectivity index (χ1n) is 3.86. The van der Waals surface area contributed by atoms with Crippen LogP contribution in [0.2, 0.25) is 0 Å². The quantitative estimate of drug-likeness (QED) is 0.298. The van der Waals surface area contributed by atoms with Crippen LogP contribution in [0.25, 0.3) is 0 Å². The van der Waals surface area contributed by atoms with Crippen LogP contribution in [0.1, 0.15) is 0 Å². The maximum Gasteiger partial charge on any atom is 0.527 e. The number of hydrogen-bond donors (Lipinski definition) is 4. The van der Waals surface area contributed by atoms with Gasteiger partial charge in [0.2, 0.25) is 0 Å². The van der Waals surface area contributed by atoms with Crippen LogP contribution in [0.3, 0.4) is 0 Å². The van der Waals surface area contributed by atoms with E-state index in [0.29, 0.717) is 5.46 Å². The van der Waals surface area contributed by atoms with E-state index in [-0.39, 0.29) is 5.46 Å². The van der Waals surface area contributed by atoms with Crippen molar-refractivity contribution in [3.8, 4) is 0 Å². The zero-order valence-electron chi connectivity index (χ0n) is 7.33. The normalized spacial score (nSPS) is 10.0. The highest BCUT2D eigenvalue weighted by atomic mass is 16.7. The van der Waals surface area contributed by atoms with Crippen LogP contribution in [0.15, 0.2) is 24.3 Å². The van der Waals surface area contributed by atoms with Gasteiger partial charge < -0.3 is 19.6 Å². The summed E-state index contributed by atoms with van der Waals surface area (Å²) in [7, 11) is -2.65. The summed E-state index contributed by atoms with van der Waals surface area (Å²) < 4.78 is 8.81. The standard InChI is InChI=1S/C6H10B2N2O4/c9-13-8(14-10)6-4-2-1-3-5(6)7(11)12/h1-4,11-12H,9-10H2. The summed E-state index contributed by atoms with van der Waals surface area (Å²) in [6, 6.07) is 6.39. The first-order valence-corrected chi connectivity index (χ1v) is 3.86. The van der Waals surface area contributed by atoms with E-state index in [0.717, 1.165) is 0 Å². The Morgan fingerprint density at radius 1 is 1.00 bits per heavy atom. The van der Waals surface area contributed by atoms with Crippen molar-refractivity contribution in [1.29, 1.82) is 0 Å². The fourth-order valence-corrected chi connectivity index (χ4v) is 1.14. The Balaban J connectivity index is 3.05. The summed E-state index contributed by atoms with van der Waals surface area (Å²) >= 11 is 0. The molecule has 0 saturated heterocycles. The van der Waals surface area contributed by atoms with Crippen molar-refractivity contribution in [3.63, 3.8) is 0 Å². The molecule has 0 atom stereocenters. The van der Waals surface area contributed by atoms with Crippen LogP contribution in [-0.4, -0.2) is 24.3 Å². The van der Waals surface area contributed by atoms with E-state index >= 15 is 0 Å². The molecule has 8 heteroatoms. The van der Waals surface area contributed by atoms with Crippen molar-refractivity contribution in [2.75, 3.05) is 0 Å².